The van der Waals surface area contributed by atoms with Gasteiger partial charge in [0.05, 0.1) is 23.3 Å². The second-order valence-electron chi connectivity index (χ2n) is 6.99. The molecule has 0 saturated carbocycles. The van der Waals surface area contributed by atoms with Crippen molar-refractivity contribution in [2.24, 2.45) is 10.9 Å². The summed E-state index contributed by atoms with van der Waals surface area (Å²) in [6, 6.07) is 15.0. The van der Waals surface area contributed by atoms with Crippen LogP contribution in [-0.2, 0) is 27.5 Å². The van der Waals surface area contributed by atoms with Crippen LogP contribution in [0.25, 0.3) is 15.9 Å². The number of hydrogen-bond donors (Lipinski definition) is 1. The number of aromatic nitrogens is 2. The van der Waals surface area contributed by atoms with Gasteiger partial charge in [-0.3, -0.25) is 14.5 Å². The molecule has 31 heavy (non-hydrogen) atoms. The highest BCUT2D eigenvalue weighted by molar-refractivity contribution is 6.54. The van der Waals surface area contributed by atoms with Crippen LogP contribution in [0.1, 0.15) is 17.8 Å². The molecule has 156 valence electrons. The molecule has 2 N–H and O–H groups in total. The summed E-state index contributed by atoms with van der Waals surface area (Å²) in [7, 11) is 0. The quantitative estimate of drug-likeness (QED) is 0.345. The van der Waals surface area contributed by atoms with Crippen LogP contribution in [0.2, 0.25) is 0 Å². The van der Waals surface area contributed by atoms with Crippen LogP contribution in [0.3, 0.4) is 0 Å². The SMILES string of the molecule is [C-]#[N+]CCCn1c(CN2C(=O)/C(=N\OCC(N)=O)c3ccccc32)nc2ccccc21. The van der Waals surface area contributed by atoms with Crippen LogP contribution < -0.4 is 10.6 Å². The summed E-state index contributed by atoms with van der Waals surface area (Å²) in [5.41, 5.74) is 8.30. The van der Waals surface area contributed by atoms with Crippen molar-refractivity contribution >= 4 is 34.2 Å². The fraction of sp³-hybridized carbons (Fsp3) is 0.227. The van der Waals surface area contributed by atoms with E-state index in [-0.39, 0.29) is 18.2 Å². The first kappa shape index (κ1) is 20.1. The van der Waals surface area contributed by atoms with Crippen molar-refractivity contribution in [1.82, 2.24) is 9.55 Å². The molecule has 0 saturated heterocycles. The van der Waals surface area contributed by atoms with E-state index in [1.807, 2.05) is 36.4 Å². The lowest BCUT2D eigenvalue weighted by molar-refractivity contribution is -0.122. The van der Waals surface area contributed by atoms with E-state index in [0.29, 0.717) is 36.6 Å². The summed E-state index contributed by atoms with van der Waals surface area (Å²) in [6.45, 7) is 7.91. The Bertz CT molecular complexity index is 1220. The predicted molar refractivity (Wildman–Crippen MR) is 115 cm³/mol. The van der Waals surface area contributed by atoms with Crippen LogP contribution in [-0.4, -0.2) is 40.2 Å². The van der Waals surface area contributed by atoms with Gasteiger partial charge in [-0.1, -0.05) is 35.5 Å². The minimum absolute atomic E-state index is 0.118. The smallest absolute Gasteiger partial charge is 0.281 e. The highest BCUT2D eigenvalue weighted by Gasteiger charge is 2.35. The van der Waals surface area contributed by atoms with Gasteiger partial charge in [0.25, 0.3) is 11.8 Å². The van der Waals surface area contributed by atoms with Gasteiger partial charge in [0.2, 0.25) is 6.54 Å². The number of benzene rings is 2. The van der Waals surface area contributed by atoms with Crippen molar-refractivity contribution in [3.8, 4) is 0 Å². The van der Waals surface area contributed by atoms with Gasteiger partial charge in [0, 0.05) is 18.5 Å². The molecule has 9 nitrogen and oxygen atoms in total. The van der Waals surface area contributed by atoms with E-state index in [2.05, 4.69) is 14.6 Å². The molecule has 0 atom stereocenters. The zero-order valence-electron chi connectivity index (χ0n) is 16.7. The fourth-order valence-electron chi connectivity index (χ4n) is 3.61. The number of para-hydroxylation sites is 3. The van der Waals surface area contributed by atoms with Crippen molar-refractivity contribution in [3.63, 3.8) is 0 Å². The summed E-state index contributed by atoms with van der Waals surface area (Å²) >= 11 is 0. The highest BCUT2D eigenvalue weighted by atomic mass is 16.6. The molecular formula is C22H20N6O3. The molecule has 0 unspecified atom stereocenters. The Labute approximate surface area is 178 Å². The molecule has 0 aliphatic carbocycles. The molecule has 1 aliphatic rings. The number of anilines is 1. The van der Waals surface area contributed by atoms with Gasteiger partial charge in [-0.2, -0.15) is 0 Å². The van der Waals surface area contributed by atoms with Crippen molar-refractivity contribution in [1.29, 1.82) is 0 Å². The first-order valence-electron chi connectivity index (χ1n) is 9.77. The average molecular weight is 416 g/mol. The Kier molecular flexibility index (Phi) is 5.62. The first-order chi connectivity index (χ1) is 15.1. The van der Waals surface area contributed by atoms with E-state index in [1.54, 1.807) is 17.0 Å². The maximum atomic E-state index is 13.2. The van der Waals surface area contributed by atoms with E-state index in [4.69, 9.17) is 22.1 Å². The Balaban J connectivity index is 1.68. The van der Waals surface area contributed by atoms with Gasteiger partial charge in [-0.05, 0) is 18.2 Å². The fourth-order valence-corrected chi connectivity index (χ4v) is 3.61. The summed E-state index contributed by atoms with van der Waals surface area (Å²) in [4.78, 5) is 38.8. The monoisotopic (exact) mass is 416 g/mol. The van der Waals surface area contributed by atoms with Crippen LogP contribution in [0.5, 0.6) is 0 Å². The number of nitrogens with zero attached hydrogens (tertiary/aromatic N) is 5. The molecule has 3 aromatic rings. The summed E-state index contributed by atoms with van der Waals surface area (Å²) in [5.74, 6) is -0.299. The molecule has 0 fully saturated rings. The second kappa shape index (κ2) is 8.67. The van der Waals surface area contributed by atoms with Gasteiger partial charge in [0.15, 0.2) is 12.3 Å². The maximum absolute atomic E-state index is 13.2. The number of oxime groups is 1. The zero-order valence-corrected chi connectivity index (χ0v) is 16.7. The number of rotatable bonds is 8. The van der Waals surface area contributed by atoms with Crippen LogP contribution >= 0.6 is 0 Å². The number of aryl methyl sites for hydroxylation is 1. The van der Waals surface area contributed by atoms with E-state index >= 15 is 0 Å². The number of nitrogens with two attached hydrogens (primary N) is 1. The Morgan fingerprint density at radius 2 is 1.97 bits per heavy atom. The van der Waals surface area contributed by atoms with Crippen molar-refractivity contribution < 1.29 is 14.4 Å². The summed E-state index contributed by atoms with van der Waals surface area (Å²) in [5, 5.41) is 3.87. The molecule has 0 radical (unpaired) electrons. The number of imidazole rings is 1. The molecule has 0 spiro atoms. The molecule has 1 aromatic heterocycles. The highest BCUT2D eigenvalue weighted by Crippen LogP contribution is 2.31. The van der Waals surface area contributed by atoms with Gasteiger partial charge < -0.3 is 20.0 Å². The maximum Gasteiger partial charge on any atom is 0.281 e. The number of fused-ring (bicyclic) bond motifs is 2. The average Bonchev–Trinajstić information content (AvgIpc) is 3.24. The van der Waals surface area contributed by atoms with Gasteiger partial charge in [-0.15, -0.1) is 0 Å². The van der Waals surface area contributed by atoms with Gasteiger partial charge in [-0.25, -0.2) is 11.6 Å². The molecule has 2 amide bonds. The standard InChI is InChI=1S/C22H20N6O3/c1-24-11-6-12-27-18-10-5-3-8-16(18)25-20(27)13-28-17-9-4-2-7-15(17)21(22(28)30)26-31-14-19(23)29/h2-5,7-10H,6,11-14H2,(H2,23,29)/b26-21-. The zero-order chi connectivity index (χ0) is 21.8. The van der Waals surface area contributed by atoms with E-state index in [9.17, 15) is 9.59 Å². The van der Waals surface area contributed by atoms with Gasteiger partial charge >= 0.3 is 0 Å². The van der Waals surface area contributed by atoms with Crippen LogP contribution in [0.15, 0.2) is 53.7 Å². The number of carbonyl (C=O) groups is 2. The minimum atomic E-state index is -0.673. The lowest BCUT2D eigenvalue weighted by Gasteiger charge is -2.17. The third-order valence-corrected chi connectivity index (χ3v) is 4.95. The van der Waals surface area contributed by atoms with Gasteiger partial charge in [0.1, 0.15) is 5.82 Å². The summed E-state index contributed by atoms with van der Waals surface area (Å²) in [6.07, 6.45) is 0.690. The number of primary amides is 1. The minimum Gasteiger partial charge on any atom is -0.385 e. The van der Waals surface area contributed by atoms with Crippen LogP contribution in [0, 0.1) is 6.57 Å². The first-order valence-corrected chi connectivity index (χ1v) is 9.77. The molecule has 0 bridgehead atoms. The molecular weight excluding hydrogens is 396 g/mol. The van der Waals surface area contributed by atoms with Crippen molar-refractivity contribution in [2.75, 3.05) is 18.1 Å². The molecule has 9 heteroatoms. The second-order valence-corrected chi connectivity index (χ2v) is 6.99. The Morgan fingerprint density at radius 3 is 2.77 bits per heavy atom. The van der Waals surface area contributed by atoms with Crippen LogP contribution in [0.4, 0.5) is 5.69 Å². The molecule has 2 aromatic carbocycles. The number of carbonyl (C=O) groups excluding carboxylic acids is 2. The lowest BCUT2D eigenvalue weighted by atomic mass is 10.1. The molecule has 1 aliphatic heterocycles. The Morgan fingerprint density at radius 1 is 1.19 bits per heavy atom. The van der Waals surface area contributed by atoms with Crippen molar-refractivity contribution in [3.05, 3.63) is 71.3 Å². The van der Waals surface area contributed by atoms with E-state index in [0.717, 1.165) is 11.0 Å². The number of amides is 2. The van der Waals surface area contributed by atoms with E-state index < -0.39 is 12.5 Å². The largest absolute Gasteiger partial charge is 0.385 e. The van der Waals surface area contributed by atoms with Crippen molar-refractivity contribution in [2.45, 2.75) is 19.5 Å². The predicted octanol–water partition coefficient (Wildman–Crippen LogP) is 2.10. The Hall–Kier alpha value is -4.19. The lowest BCUT2D eigenvalue weighted by Crippen LogP contribution is -2.31. The summed E-state index contributed by atoms with van der Waals surface area (Å²) < 4.78 is 2.05. The topological polar surface area (TPSA) is 107 Å². The van der Waals surface area contributed by atoms with E-state index in [1.165, 1.54) is 0 Å². The normalized spacial score (nSPS) is 14.1. The third kappa shape index (κ3) is 3.96. The molecule has 4 rings (SSSR count). The molecule has 2 heterocycles. The number of hydrogen-bond acceptors (Lipinski definition) is 5. The third-order valence-electron chi connectivity index (χ3n) is 4.95.